The number of carboxylic acid groups (broad SMARTS) is 1. The van der Waals surface area contributed by atoms with Gasteiger partial charge in [0.2, 0.25) is 5.91 Å². The van der Waals surface area contributed by atoms with Crippen LogP contribution in [0.1, 0.15) is 43.2 Å². The van der Waals surface area contributed by atoms with E-state index in [-0.39, 0.29) is 5.91 Å². The summed E-state index contributed by atoms with van der Waals surface area (Å²) in [7, 11) is 0. The number of amides is 1. The van der Waals surface area contributed by atoms with Crippen molar-refractivity contribution in [2.45, 2.75) is 44.9 Å². The average Bonchev–Trinajstić information content (AvgIpc) is 2.94. The fourth-order valence-electron chi connectivity index (χ4n) is 3.61. The molecule has 0 bridgehead atoms. The van der Waals surface area contributed by atoms with Crippen LogP contribution in [0.25, 0.3) is 0 Å². The molecule has 1 amide bonds. The first-order chi connectivity index (χ1) is 10.1. The van der Waals surface area contributed by atoms with Crippen LogP contribution in [0, 0.1) is 11.8 Å². The molecule has 0 aromatic heterocycles. The second-order valence-corrected chi connectivity index (χ2v) is 6.14. The van der Waals surface area contributed by atoms with Gasteiger partial charge in [-0.3, -0.25) is 4.79 Å². The summed E-state index contributed by atoms with van der Waals surface area (Å²) in [5.74, 6) is -2.38. The van der Waals surface area contributed by atoms with E-state index in [1.165, 1.54) is 17.5 Å². The molecule has 1 N–H and O–H groups in total. The van der Waals surface area contributed by atoms with Crippen LogP contribution >= 0.6 is 0 Å². The summed E-state index contributed by atoms with van der Waals surface area (Å²) in [4.78, 5) is 23.6. The quantitative estimate of drug-likeness (QED) is 0.919. The number of hydrogen-bond donors (Lipinski definition) is 1. The number of carboxylic acids is 1. The molecular weight excluding hydrogens is 266 g/mol. The largest absolute Gasteiger partial charge is 0.550 e. The first kappa shape index (κ1) is 14.1. The predicted octanol–water partition coefficient (Wildman–Crippen LogP) is 1.67. The third-order valence-electron chi connectivity index (χ3n) is 4.77. The molecular formula is C17H20NO3-. The minimum atomic E-state index is -1.09. The van der Waals surface area contributed by atoms with E-state index in [0.717, 1.165) is 31.4 Å². The van der Waals surface area contributed by atoms with Gasteiger partial charge >= 0.3 is 0 Å². The molecule has 2 aliphatic carbocycles. The Morgan fingerprint density at radius 2 is 1.71 bits per heavy atom. The number of anilines is 1. The van der Waals surface area contributed by atoms with E-state index in [1.807, 2.05) is 12.1 Å². The van der Waals surface area contributed by atoms with Crippen LogP contribution in [-0.4, -0.2) is 11.9 Å². The van der Waals surface area contributed by atoms with Gasteiger partial charge in [0.1, 0.15) is 0 Å². The highest BCUT2D eigenvalue weighted by atomic mass is 16.4. The zero-order chi connectivity index (χ0) is 14.8. The molecule has 2 atom stereocenters. The van der Waals surface area contributed by atoms with Gasteiger partial charge in [-0.05, 0) is 55.4 Å². The third kappa shape index (κ3) is 2.94. The zero-order valence-corrected chi connectivity index (χ0v) is 12.1. The molecule has 0 radical (unpaired) electrons. The second-order valence-electron chi connectivity index (χ2n) is 6.14. The Labute approximate surface area is 124 Å². The topological polar surface area (TPSA) is 69.2 Å². The Bertz CT molecular complexity index is 567. The number of aryl methyl sites for hydroxylation is 2. The Hall–Kier alpha value is -1.84. The van der Waals surface area contributed by atoms with Crippen molar-refractivity contribution in [2.24, 2.45) is 11.8 Å². The van der Waals surface area contributed by atoms with Crippen molar-refractivity contribution < 1.29 is 14.7 Å². The maximum Gasteiger partial charge on any atom is 0.228 e. The van der Waals surface area contributed by atoms with Crippen LogP contribution in [0.2, 0.25) is 0 Å². The lowest BCUT2D eigenvalue weighted by atomic mass is 9.78. The Balaban J connectivity index is 1.71. The summed E-state index contributed by atoms with van der Waals surface area (Å²) in [5.41, 5.74) is 3.44. The standard InChI is InChI=1S/C17H21NO3/c19-16(14-6-1-2-7-15(14)17(20)21)18-13-9-8-11-4-3-5-12(11)10-13/h8-10,14-15H,1-7H2,(H,18,19)(H,20,21)/p-1/t14-,15+/m0/s1. The van der Waals surface area contributed by atoms with Crippen molar-refractivity contribution in [3.05, 3.63) is 29.3 Å². The number of carbonyl (C=O) groups is 2. The van der Waals surface area contributed by atoms with Gasteiger partial charge in [0.15, 0.2) is 0 Å². The van der Waals surface area contributed by atoms with Gasteiger partial charge in [-0.2, -0.15) is 0 Å². The molecule has 3 rings (SSSR count). The van der Waals surface area contributed by atoms with Gasteiger partial charge in [0, 0.05) is 23.5 Å². The molecule has 1 aromatic carbocycles. The first-order valence-corrected chi connectivity index (χ1v) is 7.78. The van der Waals surface area contributed by atoms with Crippen molar-refractivity contribution in [3.63, 3.8) is 0 Å². The molecule has 0 saturated heterocycles. The second kappa shape index (κ2) is 5.88. The van der Waals surface area contributed by atoms with Gasteiger partial charge < -0.3 is 15.2 Å². The summed E-state index contributed by atoms with van der Waals surface area (Å²) in [6.45, 7) is 0. The van der Waals surface area contributed by atoms with Crippen LogP contribution in [0.4, 0.5) is 5.69 Å². The average molecular weight is 286 g/mol. The van der Waals surface area contributed by atoms with Gasteiger partial charge in [-0.1, -0.05) is 18.9 Å². The Morgan fingerprint density at radius 3 is 2.48 bits per heavy atom. The summed E-state index contributed by atoms with van der Waals surface area (Å²) in [6, 6.07) is 6.00. The van der Waals surface area contributed by atoms with Gasteiger partial charge in [0.25, 0.3) is 0 Å². The van der Waals surface area contributed by atoms with E-state index in [4.69, 9.17) is 0 Å². The lowest BCUT2D eigenvalue weighted by molar-refractivity contribution is -0.313. The monoisotopic (exact) mass is 286 g/mol. The Morgan fingerprint density at radius 1 is 1.00 bits per heavy atom. The van der Waals surface area contributed by atoms with Gasteiger partial charge in [-0.25, -0.2) is 0 Å². The number of fused-ring (bicyclic) bond motifs is 1. The molecule has 1 saturated carbocycles. The van der Waals surface area contributed by atoms with E-state index in [9.17, 15) is 14.7 Å². The molecule has 4 nitrogen and oxygen atoms in total. The number of carbonyl (C=O) groups excluding carboxylic acids is 2. The number of nitrogens with one attached hydrogen (secondary N) is 1. The maximum atomic E-state index is 12.4. The number of hydrogen-bond acceptors (Lipinski definition) is 3. The third-order valence-corrected chi connectivity index (χ3v) is 4.77. The molecule has 0 unspecified atom stereocenters. The first-order valence-electron chi connectivity index (χ1n) is 7.78. The summed E-state index contributed by atoms with van der Waals surface area (Å²) in [5, 5.41) is 14.1. The van der Waals surface area contributed by atoms with Crippen LogP contribution in [0.15, 0.2) is 18.2 Å². The van der Waals surface area contributed by atoms with Crippen LogP contribution in [0.3, 0.4) is 0 Å². The van der Waals surface area contributed by atoms with Crippen LogP contribution < -0.4 is 10.4 Å². The molecule has 1 fully saturated rings. The molecule has 112 valence electrons. The molecule has 2 aliphatic rings. The van der Waals surface area contributed by atoms with Gasteiger partial charge in [-0.15, -0.1) is 0 Å². The maximum absolute atomic E-state index is 12.4. The van der Waals surface area contributed by atoms with Crippen molar-refractivity contribution in [1.29, 1.82) is 0 Å². The molecule has 1 aromatic rings. The smallest absolute Gasteiger partial charge is 0.228 e. The highest BCUT2D eigenvalue weighted by Crippen LogP contribution is 2.31. The molecule has 21 heavy (non-hydrogen) atoms. The summed E-state index contributed by atoms with van der Waals surface area (Å²) < 4.78 is 0. The minimum Gasteiger partial charge on any atom is -0.550 e. The van der Waals surface area contributed by atoms with Crippen LogP contribution in [0.5, 0.6) is 0 Å². The minimum absolute atomic E-state index is 0.179. The molecule has 4 heteroatoms. The highest BCUT2D eigenvalue weighted by Gasteiger charge is 2.31. The lowest BCUT2D eigenvalue weighted by Gasteiger charge is -2.31. The van der Waals surface area contributed by atoms with E-state index in [0.29, 0.717) is 12.8 Å². The van der Waals surface area contributed by atoms with E-state index >= 15 is 0 Å². The lowest BCUT2D eigenvalue weighted by Crippen LogP contribution is -2.42. The van der Waals surface area contributed by atoms with Crippen molar-refractivity contribution >= 4 is 17.6 Å². The van der Waals surface area contributed by atoms with E-state index in [2.05, 4.69) is 11.4 Å². The predicted molar refractivity (Wildman–Crippen MR) is 77.6 cm³/mol. The van der Waals surface area contributed by atoms with Gasteiger partial charge in [0.05, 0.1) is 0 Å². The number of rotatable bonds is 3. The van der Waals surface area contributed by atoms with Crippen molar-refractivity contribution in [3.8, 4) is 0 Å². The van der Waals surface area contributed by atoms with Crippen LogP contribution in [-0.2, 0) is 22.4 Å². The number of benzene rings is 1. The fraction of sp³-hybridized carbons (Fsp3) is 0.529. The van der Waals surface area contributed by atoms with Crippen molar-refractivity contribution in [2.75, 3.05) is 5.32 Å². The normalized spacial score (nSPS) is 24.4. The summed E-state index contributed by atoms with van der Waals surface area (Å²) >= 11 is 0. The number of aliphatic carboxylic acids is 1. The van der Waals surface area contributed by atoms with E-state index in [1.54, 1.807) is 0 Å². The van der Waals surface area contributed by atoms with E-state index < -0.39 is 17.8 Å². The highest BCUT2D eigenvalue weighted by molar-refractivity contribution is 5.95. The molecule has 0 spiro atoms. The van der Waals surface area contributed by atoms with Crippen molar-refractivity contribution in [1.82, 2.24) is 0 Å². The zero-order valence-electron chi connectivity index (χ0n) is 12.1. The Kier molecular flexibility index (Phi) is 3.95. The molecule has 0 aliphatic heterocycles. The summed E-state index contributed by atoms with van der Waals surface area (Å²) in [6.07, 6.45) is 6.29. The SMILES string of the molecule is O=C(Nc1ccc2c(c1)CCC2)[C@H]1CCCC[C@H]1C(=O)[O-]. The fourth-order valence-corrected chi connectivity index (χ4v) is 3.61. The molecule has 0 heterocycles.